The standard InChI is InChI=1S/C16H12N2O/c19-15-11-14(12-7-3-1-4-8-12)16(18-17-15)13-9-5-2-6-10-13/h1-11H,(H,17,19). The second-order valence-corrected chi connectivity index (χ2v) is 4.23. The Morgan fingerprint density at radius 2 is 1.37 bits per heavy atom. The average Bonchev–Trinajstić information content (AvgIpc) is 2.49. The Morgan fingerprint density at radius 1 is 0.789 bits per heavy atom. The monoisotopic (exact) mass is 248 g/mol. The summed E-state index contributed by atoms with van der Waals surface area (Å²) >= 11 is 0. The third kappa shape index (κ3) is 2.31. The van der Waals surface area contributed by atoms with Gasteiger partial charge in [0.1, 0.15) is 0 Å². The molecular formula is C16H12N2O. The summed E-state index contributed by atoms with van der Waals surface area (Å²) in [5.41, 5.74) is 3.40. The maximum atomic E-state index is 11.5. The van der Waals surface area contributed by atoms with Gasteiger partial charge in [-0.15, -0.1) is 0 Å². The molecule has 0 aliphatic rings. The number of hydrogen-bond acceptors (Lipinski definition) is 2. The van der Waals surface area contributed by atoms with Crippen LogP contribution in [0.3, 0.4) is 0 Å². The van der Waals surface area contributed by atoms with Crippen LogP contribution in [0.25, 0.3) is 22.4 Å². The number of nitrogens with zero attached hydrogens (tertiary/aromatic N) is 1. The fourth-order valence-corrected chi connectivity index (χ4v) is 2.06. The van der Waals surface area contributed by atoms with Gasteiger partial charge in [0.15, 0.2) is 0 Å². The Kier molecular flexibility index (Phi) is 2.94. The van der Waals surface area contributed by atoms with E-state index in [-0.39, 0.29) is 5.56 Å². The van der Waals surface area contributed by atoms with E-state index in [1.54, 1.807) is 6.07 Å². The minimum Gasteiger partial charge on any atom is -0.268 e. The van der Waals surface area contributed by atoms with E-state index in [9.17, 15) is 4.79 Å². The molecule has 3 heteroatoms. The van der Waals surface area contributed by atoms with Crippen molar-refractivity contribution in [2.75, 3.05) is 0 Å². The second kappa shape index (κ2) is 4.90. The molecule has 0 atom stereocenters. The van der Waals surface area contributed by atoms with Crippen LogP contribution in [0.5, 0.6) is 0 Å². The molecule has 2 aromatic carbocycles. The highest BCUT2D eigenvalue weighted by molar-refractivity contribution is 5.79. The van der Waals surface area contributed by atoms with Crippen LogP contribution in [0.4, 0.5) is 0 Å². The van der Waals surface area contributed by atoms with Crippen molar-refractivity contribution in [1.29, 1.82) is 0 Å². The van der Waals surface area contributed by atoms with Crippen LogP contribution in [0.2, 0.25) is 0 Å². The van der Waals surface area contributed by atoms with E-state index >= 15 is 0 Å². The van der Waals surface area contributed by atoms with E-state index in [1.807, 2.05) is 60.7 Å². The first kappa shape index (κ1) is 11.4. The van der Waals surface area contributed by atoms with Gasteiger partial charge in [-0.1, -0.05) is 60.7 Å². The lowest BCUT2D eigenvalue weighted by molar-refractivity contribution is 0.997. The number of rotatable bonds is 2. The average molecular weight is 248 g/mol. The fraction of sp³-hybridized carbons (Fsp3) is 0. The number of aromatic amines is 1. The molecule has 0 aliphatic heterocycles. The largest absolute Gasteiger partial charge is 0.268 e. The predicted octanol–water partition coefficient (Wildman–Crippen LogP) is 3.10. The van der Waals surface area contributed by atoms with Crippen molar-refractivity contribution in [2.24, 2.45) is 0 Å². The Bertz CT molecular complexity index is 733. The summed E-state index contributed by atoms with van der Waals surface area (Å²) in [7, 11) is 0. The van der Waals surface area contributed by atoms with Crippen LogP contribution in [0.15, 0.2) is 71.5 Å². The van der Waals surface area contributed by atoms with Gasteiger partial charge in [-0.25, -0.2) is 5.10 Å². The van der Waals surface area contributed by atoms with Crippen molar-refractivity contribution >= 4 is 0 Å². The summed E-state index contributed by atoms with van der Waals surface area (Å²) in [5, 5.41) is 6.69. The van der Waals surface area contributed by atoms with E-state index in [4.69, 9.17) is 0 Å². The molecule has 0 spiro atoms. The van der Waals surface area contributed by atoms with E-state index in [0.717, 1.165) is 22.4 Å². The molecule has 0 unspecified atom stereocenters. The van der Waals surface area contributed by atoms with Gasteiger partial charge in [0.25, 0.3) is 5.56 Å². The summed E-state index contributed by atoms with van der Waals surface area (Å²) in [5.74, 6) is 0. The molecule has 3 nitrogen and oxygen atoms in total. The summed E-state index contributed by atoms with van der Waals surface area (Å²) < 4.78 is 0. The van der Waals surface area contributed by atoms with E-state index < -0.39 is 0 Å². The van der Waals surface area contributed by atoms with Gasteiger partial charge in [-0.05, 0) is 5.56 Å². The molecule has 0 saturated carbocycles. The number of benzene rings is 2. The minimum atomic E-state index is -0.196. The lowest BCUT2D eigenvalue weighted by atomic mass is 10.0. The number of hydrogen-bond donors (Lipinski definition) is 1. The first-order valence-corrected chi connectivity index (χ1v) is 6.05. The minimum absolute atomic E-state index is 0.196. The molecule has 0 amide bonds. The lowest BCUT2D eigenvalue weighted by Crippen LogP contribution is -2.08. The zero-order valence-electron chi connectivity index (χ0n) is 10.2. The lowest BCUT2D eigenvalue weighted by Gasteiger charge is -2.07. The Labute approximate surface area is 110 Å². The van der Waals surface area contributed by atoms with Crippen LogP contribution >= 0.6 is 0 Å². The molecule has 3 rings (SSSR count). The Balaban J connectivity index is 2.24. The first-order valence-electron chi connectivity index (χ1n) is 6.05. The molecule has 19 heavy (non-hydrogen) atoms. The normalized spacial score (nSPS) is 10.3. The topological polar surface area (TPSA) is 45.8 Å². The zero-order valence-corrected chi connectivity index (χ0v) is 10.2. The van der Waals surface area contributed by atoms with Crippen molar-refractivity contribution in [3.8, 4) is 22.4 Å². The predicted molar refractivity (Wildman–Crippen MR) is 75.7 cm³/mol. The Morgan fingerprint density at radius 3 is 2.00 bits per heavy atom. The van der Waals surface area contributed by atoms with Crippen LogP contribution in [0.1, 0.15) is 0 Å². The van der Waals surface area contributed by atoms with Crippen LogP contribution < -0.4 is 5.56 Å². The van der Waals surface area contributed by atoms with Gasteiger partial charge >= 0.3 is 0 Å². The van der Waals surface area contributed by atoms with Gasteiger partial charge in [-0.2, -0.15) is 5.10 Å². The van der Waals surface area contributed by atoms with Gasteiger partial charge in [-0.3, -0.25) is 4.79 Å². The molecule has 0 radical (unpaired) electrons. The van der Waals surface area contributed by atoms with Gasteiger partial charge < -0.3 is 0 Å². The molecule has 0 bridgehead atoms. The van der Waals surface area contributed by atoms with Crippen LogP contribution in [-0.2, 0) is 0 Å². The molecule has 0 saturated heterocycles. The van der Waals surface area contributed by atoms with Crippen molar-refractivity contribution in [1.82, 2.24) is 10.2 Å². The van der Waals surface area contributed by atoms with Gasteiger partial charge in [0.05, 0.1) is 5.69 Å². The van der Waals surface area contributed by atoms with Gasteiger partial charge in [0, 0.05) is 17.2 Å². The van der Waals surface area contributed by atoms with E-state index in [1.165, 1.54) is 0 Å². The molecule has 1 N–H and O–H groups in total. The summed E-state index contributed by atoms with van der Waals surface area (Å²) in [6, 6.07) is 21.2. The molecule has 92 valence electrons. The van der Waals surface area contributed by atoms with E-state index in [0.29, 0.717) is 0 Å². The van der Waals surface area contributed by atoms with Crippen LogP contribution in [0, 0.1) is 0 Å². The number of H-pyrrole nitrogens is 1. The van der Waals surface area contributed by atoms with Crippen molar-refractivity contribution < 1.29 is 0 Å². The second-order valence-electron chi connectivity index (χ2n) is 4.23. The quantitative estimate of drug-likeness (QED) is 0.757. The SMILES string of the molecule is O=c1cc(-c2ccccc2)c(-c2ccccc2)n[nH]1. The molecule has 0 fully saturated rings. The highest BCUT2D eigenvalue weighted by atomic mass is 16.1. The summed E-state index contributed by atoms with van der Waals surface area (Å²) in [6.45, 7) is 0. The summed E-state index contributed by atoms with van der Waals surface area (Å²) in [6.07, 6.45) is 0. The Hall–Kier alpha value is -2.68. The third-order valence-corrected chi connectivity index (χ3v) is 2.94. The smallest absolute Gasteiger partial charge is 0.264 e. The molecule has 1 aromatic heterocycles. The molecular weight excluding hydrogens is 236 g/mol. The van der Waals surface area contributed by atoms with E-state index in [2.05, 4.69) is 10.2 Å². The first-order chi connectivity index (χ1) is 9.34. The molecule has 0 aliphatic carbocycles. The number of aromatic nitrogens is 2. The molecule has 1 heterocycles. The highest BCUT2D eigenvalue weighted by Crippen LogP contribution is 2.28. The van der Waals surface area contributed by atoms with Gasteiger partial charge in [0.2, 0.25) is 0 Å². The highest BCUT2D eigenvalue weighted by Gasteiger charge is 2.09. The van der Waals surface area contributed by atoms with Crippen molar-refractivity contribution in [3.05, 3.63) is 77.1 Å². The van der Waals surface area contributed by atoms with Crippen molar-refractivity contribution in [2.45, 2.75) is 0 Å². The maximum absolute atomic E-state index is 11.5. The molecule has 3 aromatic rings. The third-order valence-electron chi connectivity index (χ3n) is 2.94. The fourth-order valence-electron chi connectivity index (χ4n) is 2.06. The van der Waals surface area contributed by atoms with Crippen LogP contribution in [-0.4, -0.2) is 10.2 Å². The summed E-state index contributed by atoms with van der Waals surface area (Å²) in [4.78, 5) is 11.5. The van der Waals surface area contributed by atoms with Crippen molar-refractivity contribution in [3.63, 3.8) is 0 Å². The maximum Gasteiger partial charge on any atom is 0.264 e. The zero-order chi connectivity index (χ0) is 13.1. The number of nitrogens with one attached hydrogen (secondary N) is 1.